The number of unbranched alkanes of at least 4 members (excludes halogenated alkanes) is 1. The first-order chi connectivity index (χ1) is 11.7. The number of hydrogen-bond donors (Lipinski definition) is 2. The molecule has 0 saturated heterocycles. The molecule has 140 valence electrons. The Morgan fingerprint density at radius 2 is 1.96 bits per heavy atom. The number of nitrogens with zero attached hydrogens (tertiary/aromatic N) is 1. The van der Waals surface area contributed by atoms with Crippen molar-refractivity contribution in [3.8, 4) is 0 Å². The highest BCUT2D eigenvalue weighted by Gasteiger charge is 2.50. The summed E-state index contributed by atoms with van der Waals surface area (Å²) in [6.45, 7) is 8.15. The van der Waals surface area contributed by atoms with Gasteiger partial charge in [0.2, 0.25) is 0 Å². The van der Waals surface area contributed by atoms with Gasteiger partial charge in [-0.05, 0) is 32.9 Å². The topological polar surface area (TPSA) is 53.5 Å². The van der Waals surface area contributed by atoms with Gasteiger partial charge in [-0.2, -0.15) is 0 Å². The second kappa shape index (κ2) is 7.25. The first-order valence-corrected chi connectivity index (χ1v) is 11.6. The fourth-order valence-corrected chi connectivity index (χ4v) is 7.24. The van der Waals surface area contributed by atoms with E-state index in [0.29, 0.717) is 15.9 Å². The molecule has 2 N–H and O–H groups in total. The van der Waals surface area contributed by atoms with Crippen LogP contribution in [0.15, 0.2) is 35.3 Å². The molecule has 0 amide bonds. The summed E-state index contributed by atoms with van der Waals surface area (Å²) in [5.41, 5.74) is 0.516. The highest BCUT2D eigenvalue weighted by atomic mass is 32.3. The van der Waals surface area contributed by atoms with Crippen LogP contribution >= 0.6 is 12.2 Å². The third kappa shape index (κ3) is 3.71. The fourth-order valence-electron chi connectivity index (χ4n) is 3.21. The summed E-state index contributed by atoms with van der Waals surface area (Å²) in [4.78, 5) is 5.41. The van der Waals surface area contributed by atoms with E-state index in [-0.39, 0.29) is 5.25 Å². The number of hydrogen-bond acceptors (Lipinski definition) is 3. The second-order valence-electron chi connectivity index (χ2n) is 7.39. The van der Waals surface area contributed by atoms with Crippen molar-refractivity contribution in [2.24, 2.45) is 4.99 Å². The van der Waals surface area contributed by atoms with Crippen LogP contribution in [0.1, 0.15) is 52.5 Å². The van der Waals surface area contributed by atoms with Gasteiger partial charge in [-0.1, -0.05) is 69.2 Å². The molecule has 0 aliphatic carbocycles. The third-order valence-corrected chi connectivity index (χ3v) is 10.5. The van der Waals surface area contributed by atoms with Crippen LogP contribution < -0.4 is 10.0 Å². The van der Waals surface area contributed by atoms with Crippen LogP contribution in [0.5, 0.6) is 0 Å². The Morgan fingerprint density at radius 1 is 1.32 bits per heavy atom. The quantitative estimate of drug-likeness (QED) is 0.707. The minimum atomic E-state index is -3.49. The minimum Gasteiger partial charge on any atom is -0.326 e. The zero-order valence-electron chi connectivity index (χ0n) is 16.0. The van der Waals surface area contributed by atoms with E-state index in [1.165, 1.54) is 0 Å². The predicted octanol–water partition coefficient (Wildman–Crippen LogP) is 3.79. The molecule has 0 fully saturated rings. The Bertz CT molecular complexity index is 727. The lowest BCUT2D eigenvalue weighted by atomic mass is 10.1. The van der Waals surface area contributed by atoms with E-state index in [2.05, 4.69) is 23.9 Å². The monoisotopic (exact) mass is 381 g/mol. The zero-order valence-corrected chi connectivity index (χ0v) is 17.6. The smallest absolute Gasteiger partial charge is 0.184 e. The number of benzene rings is 1. The first kappa shape index (κ1) is 20.2. The van der Waals surface area contributed by atoms with E-state index < -0.39 is 14.8 Å². The summed E-state index contributed by atoms with van der Waals surface area (Å²) in [6.07, 6.45) is 2.99. The molecular formula is C19H31N3OS2. The van der Waals surface area contributed by atoms with Gasteiger partial charge in [0, 0.05) is 20.3 Å². The van der Waals surface area contributed by atoms with Gasteiger partial charge in [0.15, 0.2) is 5.17 Å². The van der Waals surface area contributed by atoms with E-state index in [9.17, 15) is 4.21 Å². The maximum atomic E-state index is 14.8. The van der Waals surface area contributed by atoms with Crippen LogP contribution in [-0.2, 0) is 15.0 Å². The second-order valence-corrected chi connectivity index (χ2v) is 12.0. The van der Waals surface area contributed by atoms with E-state index in [0.717, 1.165) is 24.8 Å². The summed E-state index contributed by atoms with van der Waals surface area (Å²) in [6, 6.07) is 9.99. The predicted molar refractivity (Wildman–Crippen MR) is 114 cm³/mol. The maximum absolute atomic E-state index is 14.8. The van der Waals surface area contributed by atoms with Gasteiger partial charge in [0.25, 0.3) is 0 Å². The van der Waals surface area contributed by atoms with Gasteiger partial charge in [-0.15, -0.1) is 0 Å². The van der Waals surface area contributed by atoms with Crippen LogP contribution in [0.3, 0.4) is 0 Å². The van der Waals surface area contributed by atoms with E-state index >= 15 is 0 Å². The van der Waals surface area contributed by atoms with Crippen LogP contribution in [0.25, 0.3) is 0 Å². The Hall–Kier alpha value is -1.11. The van der Waals surface area contributed by atoms with Gasteiger partial charge in [-0.3, -0.25) is 8.93 Å². The molecule has 1 heterocycles. The zero-order chi connectivity index (χ0) is 18.7. The van der Waals surface area contributed by atoms with Gasteiger partial charge in [-0.25, -0.2) is 4.99 Å². The van der Waals surface area contributed by atoms with Crippen molar-refractivity contribution in [1.82, 2.24) is 10.0 Å². The molecule has 1 aromatic carbocycles. The van der Waals surface area contributed by atoms with Gasteiger partial charge in [0.1, 0.15) is 10.5 Å². The molecule has 0 radical (unpaired) electrons. The van der Waals surface area contributed by atoms with Crippen molar-refractivity contribution < 1.29 is 4.21 Å². The maximum Gasteiger partial charge on any atom is 0.184 e. The molecule has 6 heteroatoms. The molecule has 0 spiro atoms. The Kier molecular flexibility index (Phi) is 5.86. The SMILES string of the molecule is CCCCC(C)S(=O)(Cc1ccccc1)(NC)C1=NC(C)(C)C(=S)N1. The largest absolute Gasteiger partial charge is 0.326 e. The van der Waals surface area contributed by atoms with E-state index in [4.69, 9.17) is 17.2 Å². The van der Waals surface area contributed by atoms with Gasteiger partial charge >= 0.3 is 0 Å². The van der Waals surface area contributed by atoms with Gasteiger partial charge < -0.3 is 5.32 Å². The molecule has 1 aliphatic rings. The van der Waals surface area contributed by atoms with Gasteiger partial charge in [0.05, 0.1) is 0 Å². The van der Waals surface area contributed by atoms with E-state index in [1.807, 2.05) is 44.2 Å². The molecule has 1 atom stereocenters. The summed E-state index contributed by atoms with van der Waals surface area (Å²) in [5.74, 6) is 0.421. The molecule has 25 heavy (non-hydrogen) atoms. The minimum absolute atomic E-state index is 0.0508. The van der Waals surface area contributed by atoms with Crippen molar-refractivity contribution in [1.29, 1.82) is 0 Å². The lowest BCUT2D eigenvalue weighted by Gasteiger charge is -2.47. The highest BCUT2D eigenvalue weighted by Crippen LogP contribution is 2.38. The Balaban J connectivity index is 2.57. The molecule has 1 aromatic rings. The summed E-state index contributed by atoms with van der Waals surface area (Å²) < 4.78 is 18.1. The van der Waals surface area contributed by atoms with Crippen molar-refractivity contribution in [2.75, 3.05) is 7.05 Å². The molecule has 1 aliphatic heterocycles. The summed E-state index contributed by atoms with van der Waals surface area (Å²) in [5, 5.41) is 3.69. The third-order valence-electron chi connectivity index (χ3n) is 5.14. The Labute approximate surface area is 157 Å². The van der Waals surface area contributed by atoms with Crippen LogP contribution in [-0.4, -0.2) is 32.2 Å². The molecular weight excluding hydrogens is 350 g/mol. The van der Waals surface area contributed by atoms with Crippen LogP contribution in [0.4, 0.5) is 0 Å². The lowest BCUT2D eigenvalue weighted by molar-refractivity contribution is 0.619. The van der Waals surface area contributed by atoms with Crippen molar-refractivity contribution >= 4 is 31.6 Å². The molecule has 1 unspecified atom stereocenters. The van der Waals surface area contributed by atoms with Crippen molar-refractivity contribution in [3.05, 3.63) is 35.9 Å². The normalized spacial score (nSPS) is 19.6. The Morgan fingerprint density at radius 3 is 2.44 bits per heavy atom. The molecule has 4 nitrogen and oxygen atoms in total. The van der Waals surface area contributed by atoms with Crippen molar-refractivity contribution in [2.45, 2.75) is 63.5 Å². The molecule has 0 bridgehead atoms. The fraction of sp³-hybridized carbons (Fsp3) is 0.579. The number of amidine groups is 1. The number of nitrogens with one attached hydrogen (secondary N) is 2. The van der Waals surface area contributed by atoms with Crippen LogP contribution in [0, 0.1) is 0 Å². The standard InChI is InChI=1S/C19H31N3OS2/c1-6-7-11-15(2)25(23,20-5,14-16-12-9-8-10-13-16)18-21-17(24)19(3,4)22-18/h8-10,12-13,15H,6-7,11,14H2,1-5H3,(H,20,23)(H,21,22,24). The number of aliphatic imine (C=N–C) groups is 1. The molecule has 0 saturated carbocycles. The van der Waals surface area contributed by atoms with Crippen molar-refractivity contribution in [3.63, 3.8) is 0 Å². The number of thiocarbonyl (C=S) groups is 1. The average Bonchev–Trinajstić information content (AvgIpc) is 2.87. The van der Waals surface area contributed by atoms with E-state index in [1.54, 1.807) is 7.05 Å². The average molecular weight is 382 g/mol. The lowest BCUT2D eigenvalue weighted by Crippen LogP contribution is -2.63. The first-order valence-electron chi connectivity index (χ1n) is 8.96. The van der Waals surface area contributed by atoms with Crippen LogP contribution in [0.2, 0.25) is 0 Å². The summed E-state index contributed by atoms with van der Waals surface area (Å²) >= 11 is 5.46. The molecule has 2 rings (SSSR count). The number of rotatable bonds is 7. The molecule has 0 aromatic heterocycles. The highest BCUT2D eigenvalue weighted by molar-refractivity contribution is 8.30. The summed E-state index contributed by atoms with van der Waals surface area (Å²) in [7, 11) is -1.70.